The number of pyridine rings is 1. The monoisotopic (exact) mass is 282 g/mol. The molecule has 1 fully saturated rings. The first-order valence-corrected chi connectivity index (χ1v) is 7.59. The third-order valence-corrected chi connectivity index (χ3v) is 4.44. The smallest absolute Gasteiger partial charge is 0.218 e. The van der Waals surface area contributed by atoms with E-state index in [2.05, 4.69) is 40.6 Å². The van der Waals surface area contributed by atoms with Crippen molar-refractivity contribution in [1.29, 1.82) is 0 Å². The van der Waals surface area contributed by atoms with Crippen molar-refractivity contribution in [3.63, 3.8) is 0 Å². The maximum Gasteiger partial charge on any atom is 0.218 e. The van der Waals surface area contributed by atoms with Crippen LogP contribution in [0.2, 0.25) is 0 Å². The van der Waals surface area contributed by atoms with E-state index in [4.69, 9.17) is 4.74 Å². The number of benzene rings is 1. The molecule has 0 radical (unpaired) electrons. The van der Waals surface area contributed by atoms with Gasteiger partial charge in [0, 0.05) is 11.8 Å². The van der Waals surface area contributed by atoms with Crippen molar-refractivity contribution in [2.75, 3.05) is 14.2 Å². The topological polar surface area (TPSA) is 34.2 Å². The second-order valence-corrected chi connectivity index (χ2v) is 5.62. The first-order chi connectivity index (χ1) is 10.3. The van der Waals surface area contributed by atoms with Crippen LogP contribution in [-0.2, 0) is 0 Å². The number of aromatic nitrogens is 1. The normalized spacial score (nSPS) is 16.3. The molecule has 1 aromatic carbocycles. The third kappa shape index (κ3) is 2.79. The molecular weight excluding hydrogens is 260 g/mol. The van der Waals surface area contributed by atoms with E-state index in [-0.39, 0.29) is 6.04 Å². The first-order valence-electron chi connectivity index (χ1n) is 7.59. The second kappa shape index (κ2) is 6.27. The maximum atomic E-state index is 5.39. The minimum Gasteiger partial charge on any atom is -0.481 e. The highest BCUT2D eigenvalue weighted by atomic mass is 16.5. The number of methoxy groups -OCH3 is 1. The predicted octanol–water partition coefficient (Wildman–Crippen LogP) is 3.67. The van der Waals surface area contributed by atoms with Crippen molar-refractivity contribution in [2.24, 2.45) is 0 Å². The number of hydrogen-bond donors (Lipinski definition) is 1. The van der Waals surface area contributed by atoms with Crippen LogP contribution in [0, 0.1) is 0 Å². The van der Waals surface area contributed by atoms with Gasteiger partial charge in [-0.05, 0) is 43.0 Å². The zero-order valence-electron chi connectivity index (χ0n) is 12.7. The summed E-state index contributed by atoms with van der Waals surface area (Å²) < 4.78 is 5.39. The third-order valence-electron chi connectivity index (χ3n) is 4.44. The van der Waals surface area contributed by atoms with Gasteiger partial charge >= 0.3 is 0 Å². The molecule has 0 saturated heterocycles. The van der Waals surface area contributed by atoms with Crippen molar-refractivity contribution >= 4 is 0 Å². The Bertz CT molecular complexity index is 590. The van der Waals surface area contributed by atoms with E-state index in [1.54, 1.807) is 13.3 Å². The summed E-state index contributed by atoms with van der Waals surface area (Å²) in [4.78, 5) is 4.30. The van der Waals surface area contributed by atoms with Crippen molar-refractivity contribution in [3.8, 4) is 5.88 Å². The standard InChI is InChI=1S/C18H22N2O/c1-19-17(16-7-4-12-20-18(16)21-2)15-10-8-14(9-11-15)13-5-3-6-13/h4,7-13,17,19H,3,5-6H2,1-2H3. The average molecular weight is 282 g/mol. The molecule has 1 atom stereocenters. The highest BCUT2D eigenvalue weighted by Crippen LogP contribution is 2.37. The van der Waals surface area contributed by atoms with Crippen LogP contribution < -0.4 is 10.1 Å². The average Bonchev–Trinajstić information content (AvgIpc) is 2.48. The zero-order valence-corrected chi connectivity index (χ0v) is 12.7. The summed E-state index contributed by atoms with van der Waals surface area (Å²) in [6, 6.07) is 13.1. The summed E-state index contributed by atoms with van der Waals surface area (Å²) in [5.74, 6) is 1.46. The molecule has 3 heteroatoms. The minimum atomic E-state index is 0.101. The van der Waals surface area contributed by atoms with Crippen molar-refractivity contribution in [1.82, 2.24) is 10.3 Å². The Hall–Kier alpha value is -1.87. The lowest BCUT2D eigenvalue weighted by atomic mass is 9.79. The molecule has 2 aromatic rings. The molecule has 1 aliphatic carbocycles. The van der Waals surface area contributed by atoms with E-state index >= 15 is 0 Å². The van der Waals surface area contributed by atoms with Gasteiger partial charge in [0.2, 0.25) is 5.88 Å². The molecule has 0 amide bonds. The summed E-state index contributed by atoms with van der Waals surface area (Å²) in [6.07, 6.45) is 5.81. The fourth-order valence-corrected chi connectivity index (χ4v) is 3.00. The number of rotatable bonds is 5. The van der Waals surface area contributed by atoms with Crippen LogP contribution in [0.25, 0.3) is 0 Å². The largest absolute Gasteiger partial charge is 0.481 e. The Morgan fingerprint density at radius 1 is 1.19 bits per heavy atom. The SMILES string of the molecule is CNC(c1ccc(C2CCC2)cc1)c1cccnc1OC. The Kier molecular flexibility index (Phi) is 4.20. The zero-order chi connectivity index (χ0) is 14.7. The fraction of sp³-hybridized carbons (Fsp3) is 0.389. The summed E-state index contributed by atoms with van der Waals surface area (Å²) in [5, 5.41) is 3.37. The molecule has 0 spiro atoms. The van der Waals surface area contributed by atoms with Crippen molar-refractivity contribution in [2.45, 2.75) is 31.2 Å². The minimum absolute atomic E-state index is 0.101. The molecule has 1 heterocycles. The second-order valence-electron chi connectivity index (χ2n) is 5.62. The Labute approximate surface area is 126 Å². The quantitative estimate of drug-likeness (QED) is 0.908. The fourth-order valence-electron chi connectivity index (χ4n) is 3.00. The van der Waals surface area contributed by atoms with Crippen LogP contribution in [0.3, 0.4) is 0 Å². The van der Waals surface area contributed by atoms with Crippen LogP contribution in [0.15, 0.2) is 42.6 Å². The summed E-state index contributed by atoms with van der Waals surface area (Å²) >= 11 is 0. The van der Waals surface area contributed by atoms with E-state index in [1.165, 1.54) is 30.4 Å². The predicted molar refractivity (Wildman–Crippen MR) is 84.7 cm³/mol. The molecule has 1 N–H and O–H groups in total. The number of nitrogens with zero attached hydrogens (tertiary/aromatic N) is 1. The van der Waals surface area contributed by atoms with Gasteiger partial charge in [-0.2, -0.15) is 0 Å². The van der Waals surface area contributed by atoms with E-state index < -0.39 is 0 Å². The highest BCUT2D eigenvalue weighted by Gasteiger charge is 2.21. The lowest BCUT2D eigenvalue weighted by Crippen LogP contribution is -2.19. The van der Waals surface area contributed by atoms with Gasteiger partial charge in [-0.15, -0.1) is 0 Å². The van der Waals surface area contributed by atoms with Gasteiger partial charge in [0.25, 0.3) is 0 Å². The van der Waals surface area contributed by atoms with E-state index in [0.717, 1.165) is 11.5 Å². The molecule has 21 heavy (non-hydrogen) atoms. The van der Waals surface area contributed by atoms with Gasteiger partial charge in [-0.3, -0.25) is 0 Å². The number of nitrogens with one attached hydrogen (secondary N) is 1. The van der Waals surface area contributed by atoms with Gasteiger partial charge < -0.3 is 10.1 Å². The lowest BCUT2D eigenvalue weighted by molar-refractivity contribution is 0.388. The molecule has 1 saturated carbocycles. The van der Waals surface area contributed by atoms with Crippen molar-refractivity contribution < 1.29 is 4.74 Å². The maximum absolute atomic E-state index is 5.39. The first kappa shape index (κ1) is 14.1. The van der Waals surface area contributed by atoms with E-state index in [9.17, 15) is 0 Å². The Morgan fingerprint density at radius 3 is 2.52 bits per heavy atom. The number of hydrogen-bond acceptors (Lipinski definition) is 3. The molecule has 1 aromatic heterocycles. The van der Waals surface area contributed by atoms with Gasteiger partial charge in [0.05, 0.1) is 13.2 Å². The molecule has 1 aliphatic rings. The van der Waals surface area contributed by atoms with E-state index in [0.29, 0.717) is 5.88 Å². The van der Waals surface area contributed by atoms with Crippen LogP contribution in [0.5, 0.6) is 5.88 Å². The van der Waals surface area contributed by atoms with Crippen LogP contribution in [-0.4, -0.2) is 19.1 Å². The van der Waals surface area contributed by atoms with E-state index in [1.807, 2.05) is 13.1 Å². The van der Waals surface area contributed by atoms with Gasteiger partial charge in [0.1, 0.15) is 0 Å². The summed E-state index contributed by atoms with van der Waals surface area (Å²) in [7, 11) is 3.63. The van der Waals surface area contributed by atoms with Gasteiger partial charge in [-0.1, -0.05) is 36.8 Å². The molecular formula is C18H22N2O. The molecule has 3 rings (SSSR count). The number of ether oxygens (including phenoxy) is 1. The summed E-state index contributed by atoms with van der Waals surface area (Å²) in [6.45, 7) is 0. The van der Waals surface area contributed by atoms with Crippen LogP contribution >= 0.6 is 0 Å². The highest BCUT2D eigenvalue weighted by molar-refractivity contribution is 5.39. The molecule has 110 valence electrons. The van der Waals surface area contributed by atoms with Crippen LogP contribution in [0.4, 0.5) is 0 Å². The van der Waals surface area contributed by atoms with Crippen molar-refractivity contribution in [3.05, 3.63) is 59.3 Å². The molecule has 1 unspecified atom stereocenters. The Balaban J connectivity index is 1.88. The van der Waals surface area contributed by atoms with Gasteiger partial charge in [-0.25, -0.2) is 4.98 Å². The van der Waals surface area contributed by atoms with Gasteiger partial charge in [0.15, 0.2) is 0 Å². The molecule has 0 bridgehead atoms. The lowest BCUT2D eigenvalue weighted by Gasteiger charge is -2.26. The van der Waals surface area contributed by atoms with Crippen LogP contribution in [0.1, 0.15) is 47.9 Å². The molecule has 3 nitrogen and oxygen atoms in total. The Morgan fingerprint density at radius 2 is 1.95 bits per heavy atom. The molecule has 0 aliphatic heterocycles. The summed E-state index contributed by atoms with van der Waals surface area (Å²) in [5.41, 5.74) is 3.78.